The molecular formula is C12H10O4. The van der Waals surface area contributed by atoms with Crippen LogP contribution in [0.2, 0.25) is 0 Å². The zero-order chi connectivity index (χ0) is 11.9. The molecule has 2 aromatic rings. The average molecular weight is 218 g/mol. The molecule has 2 rings (SSSR count). The van der Waals surface area contributed by atoms with Crippen molar-refractivity contribution in [2.45, 2.75) is 13.8 Å². The van der Waals surface area contributed by atoms with Crippen LogP contribution in [0.25, 0.3) is 11.0 Å². The number of furan rings is 1. The molecule has 82 valence electrons. The fraction of sp³-hybridized carbons (Fsp3) is 0.167. The summed E-state index contributed by atoms with van der Waals surface area (Å²) in [5, 5.41) is 9.71. The van der Waals surface area contributed by atoms with Gasteiger partial charge in [0.2, 0.25) is 5.43 Å². The van der Waals surface area contributed by atoms with E-state index >= 15 is 0 Å². The van der Waals surface area contributed by atoms with Crippen LogP contribution >= 0.6 is 0 Å². The highest BCUT2D eigenvalue weighted by atomic mass is 16.3. The van der Waals surface area contributed by atoms with Gasteiger partial charge in [0.25, 0.3) is 0 Å². The molecule has 0 saturated heterocycles. The minimum absolute atomic E-state index is 0.165. The summed E-state index contributed by atoms with van der Waals surface area (Å²) < 4.78 is 5.36. The van der Waals surface area contributed by atoms with Crippen molar-refractivity contribution in [2.24, 2.45) is 0 Å². The van der Waals surface area contributed by atoms with E-state index in [4.69, 9.17) is 4.42 Å². The van der Waals surface area contributed by atoms with Gasteiger partial charge in [-0.1, -0.05) is 0 Å². The standard InChI is InChI=1S/C12H10O4/c1-6(13)12-7(2)16-11-4-3-9(14)10(15)5-8(11)12/h3-5H,1-2H3,(H,14,15). The van der Waals surface area contributed by atoms with Crippen molar-refractivity contribution in [3.63, 3.8) is 0 Å². The number of carbonyl (C=O) groups excluding carboxylic acids is 1. The number of hydrogen-bond acceptors (Lipinski definition) is 4. The number of rotatable bonds is 1. The van der Waals surface area contributed by atoms with Gasteiger partial charge >= 0.3 is 0 Å². The molecule has 4 nitrogen and oxygen atoms in total. The first-order chi connectivity index (χ1) is 7.50. The lowest BCUT2D eigenvalue weighted by atomic mass is 10.1. The molecule has 0 aliphatic heterocycles. The Morgan fingerprint density at radius 2 is 2.06 bits per heavy atom. The molecule has 1 aromatic heterocycles. The predicted octanol–water partition coefficient (Wildman–Crippen LogP) is 2.01. The smallest absolute Gasteiger partial charge is 0.220 e. The number of fused-ring (bicyclic) bond motifs is 1. The first-order valence-corrected chi connectivity index (χ1v) is 4.78. The number of hydrogen-bond donors (Lipinski definition) is 1. The fourth-order valence-corrected chi connectivity index (χ4v) is 1.73. The lowest BCUT2D eigenvalue weighted by Crippen LogP contribution is -1.96. The lowest BCUT2D eigenvalue weighted by molar-refractivity contribution is 0.101. The van der Waals surface area contributed by atoms with Crippen molar-refractivity contribution in [3.05, 3.63) is 39.7 Å². The Morgan fingerprint density at radius 3 is 2.69 bits per heavy atom. The predicted molar refractivity (Wildman–Crippen MR) is 58.9 cm³/mol. The van der Waals surface area contributed by atoms with Crippen molar-refractivity contribution < 1.29 is 14.3 Å². The van der Waals surface area contributed by atoms with Crippen LogP contribution < -0.4 is 5.43 Å². The zero-order valence-corrected chi connectivity index (χ0v) is 8.90. The van der Waals surface area contributed by atoms with Crippen LogP contribution in [0.5, 0.6) is 5.75 Å². The van der Waals surface area contributed by atoms with Gasteiger partial charge in [-0.2, -0.15) is 0 Å². The lowest BCUT2D eigenvalue weighted by Gasteiger charge is -1.89. The van der Waals surface area contributed by atoms with Crippen molar-refractivity contribution in [2.75, 3.05) is 0 Å². The Morgan fingerprint density at radius 1 is 1.38 bits per heavy atom. The number of Topliss-reactive ketones (excluding diaryl/α,β-unsaturated/α-hetero) is 1. The SMILES string of the molecule is CC(=O)c1c(C)oc2ccc(O)c(=O)cc12. The molecule has 0 saturated carbocycles. The summed E-state index contributed by atoms with van der Waals surface area (Å²) in [5.74, 6) is -0.0486. The van der Waals surface area contributed by atoms with E-state index in [1.807, 2.05) is 0 Å². The molecule has 0 radical (unpaired) electrons. The highest BCUT2D eigenvalue weighted by Gasteiger charge is 2.14. The van der Waals surface area contributed by atoms with E-state index in [9.17, 15) is 14.7 Å². The van der Waals surface area contributed by atoms with Crippen LogP contribution in [0.15, 0.2) is 27.4 Å². The molecular weight excluding hydrogens is 208 g/mol. The number of aromatic hydroxyl groups is 1. The third-order valence-corrected chi connectivity index (χ3v) is 2.42. The van der Waals surface area contributed by atoms with Gasteiger partial charge in [-0.15, -0.1) is 0 Å². The van der Waals surface area contributed by atoms with Gasteiger partial charge in [-0.25, -0.2) is 0 Å². The first-order valence-electron chi connectivity index (χ1n) is 4.78. The third kappa shape index (κ3) is 1.48. The Kier molecular flexibility index (Phi) is 2.27. The van der Waals surface area contributed by atoms with Crippen molar-refractivity contribution >= 4 is 16.8 Å². The van der Waals surface area contributed by atoms with Crippen LogP contribution in [0, 0.1) is 6.92 Å². The first kappa shape index (κ1) is 10.4. The molecule has 1 heterocycles. The average Bonchev–Trinajstić information content (AvgIpc) is 2.44. The monoisotopic (exact) mass is 218 g/mol. The van der Waals surface area contributed by atoms with Gasteiger partial charge in [-0.3, -0.25) is 9.59 Å². The summed E-state index contributed by atoms with van der Waals surface area (Å²) >= 11 is 0. The summed E-state index contributed by atoms with van der Waals surface area (Å²) in [6, 6.07) is 3.96. The van der Waals surface area contributed by atoms with Crippen molar-refractivity contribution in [3.8, 4) is 5.75 Å². The molecule has 0 spiro atoms. The van der Waals surface area contributed by atoms with E-state index < -0.39 is 5.43 Å². The van der Waals surface area contributed by atoms with E-state index in [0.717, 1.165) is 0 Å². The van der Waals surface area contributed by atoms with Gasteiger partial charge in [0.05, 0.1) is 5.56 Å². The van der Waals surface area contributed by atoms with Crippen molar-refractivity contribution in [1.82, 2.24) is 0 Å². The quantitative estimate of drug-likeness (QED) is 0.743. The maximum atomic E-state index is 11.4. The normalized spacial score (nSPS) is 10.6. The summed E-state index contributed by atoms with van der Waals surface area (Å²) in [5.41, 5.74) is 0.279. The molecule has 0 bridgehead atoms. The molecule has 0 atom stereocenters. The number of aryl methyl sites for hydroxylation is 1. The third-order valence-electron chi connectivity index (χ3n) is 2.42. The largest absolute Gasteiger partial charge is 0.504 e. The highest BCUT2D eigenvalue weighted by molar-refractivity contribution is 6.07. The Balaban J connectivity index is 2.99. The second kappa shape index (κ2) is 3.48. The maximum Gasteiger partial charge on any atom is 0.220 e. The molecule has 4 heteroatoms. The molecule has 0 amide bonds. The second-order valence-electron chi connectivity index (χ2n) is 3.59. The second-order valence-corrected chi connectivity index (χ2v) is 3.59. The van der Waals surface area contributed by atoms with Crippen molar-refractivity contribution in [1.29, 1.82) is 0 Å². The fourth-order valence-electron chi connectivity index (χ4n) is 1.73. The Labute approximate surface area is 91.1 Å². The van der Waals surface area contributed by atoms with Crippen LogP contribution in [0.4, 0.5) is 0 Å². The highest BCUT2D eigenvalue weighted by Crippen LogP contribution is 2.24. The molecule has 0 aliphatic rings. The zero-order valence-electron chi connectivity index (χ0n) is 8.90. The maximum absolute atomic E-state index is 11.4. The summed E-state index contributed by atoms with van der Waals surface area (Å²) in [6.45, 7) is 3.08. The topological polar surface area (TPSA) is 67.5 Å². The molecule has 0 unspecified atom stereocenters. The molecule has 0 fully saturated rings. The van der Waals surface area contributed by atoms with E-state index in [1.54, 1.807) is 6.92 Å². The number of carbonyl (C=O) groups is 1. The van der Waals surface area contributed by atoms with Gasteiger partial charge in [0.1, 0.15) is 11.3 Å². The van der Waals surface area contributed by atoms with Gasteiger partial charge in [0.15, 0.2) is 11.5 Å². The van der Waals surface area contributed by atoms with Gasteiger partial charge in [0, 0.05) is 11.5 Å². The Hall–Kier alpha value is -2.10. The van der Waals surface area contributed by atoms with E-state index in [2.05, 4.69) is 0 Å². The van der Waals surface area contributed by atoms with Crippen LogP contribution in [0.3, 0.4) is 0 Å². The van der Waals surface area contributed by atoms with Crippen LogP contribution in [0.1, 0.15) is 23.0 Å². The van der Waals surface area contributed by atoms with Gasteiger partial charge in [-0.05, 0) is 26.0 Å². The molecule has 0 aliphatic carbocycles. The molecule has 16 heavy (non-hydrogen) atoms. The van der Waals surface area contributed by atoms with Gasteiger partial charge < -0.3 is 9.52 Å². The van der Waals surface area contributed by atoms with E-state index in [0.29, 0.717) is 22.3 Å². The summed E-state index contributed by atoms with van der Waals surface area (Å²) in [4.78, 5) is 22.8. The summed E-state index contributed by atoms with van der Waals surface area (Å²) in [6.07, 6.45) is 0. The van der Waals surface area contributed by atoms with Crippen LogP contribution in [-0.4, -0.2) is 10.9 Å². The summed E-state index contributed by atoms with van der Waals surface area (Å²) in [7, 11) is 0. The minimum Gasteiger partial charge on any atom is -0.504 e. The van der Waals surface area contributed by atoms with E-state index in [-0.39, 0.29) is 11.5 Å². The molecule has 1 aromatic carbocycles. The minimum atomic E-state index is -0.529. The number of ketones is 1. The van der Waals surface area contributed by atoms with Crippen LogP contribution in [-0.2, 0) is 0 Å². The van der Waals surface area contributed by atoms with E-state index in [1.165, 1.54) is 25.1 Å². The molecule has 1 N–H and O–H groups in total. The Bertz CT molecular complexity index is 637.